The monoisotopic (exact) mass is 374 g/mol. The first-order chi connectivity index (χ1) is 13.1. The summed E-state index contributed by atoms with van der Waals surface area (Å²) in [5.74, 6) is 0.240. The molecule has 0 saturated heterocycles. The van der Waals surface area contributed by atoms with Crippen LogP contribution in [0.1, 0.15) is 25.3 Å². The number of halogens is 1. The summed E-state index contributed by atoms with van der Waals surface area (Å²) < 4.78 is 23.9. The fraction of sp³-hybridized carbons (Fsp3) is 0.300. The molecule has 0 aliphatic carbocycles. The number of hydrazine groups is 1. The van der Waals surface area contributed by atoms with Gasteiger partial charge in [-0.15, -0.1) is 0 Å². The van der Waals surface area contributed by atoms with Gasteiger partial charge in [0.25, 0.3) is 0 Å². The molecule has 0 aliphatic rings. The quantitative estimate of drug-likeness (QED) is 0.523. The largest absolute Gasteiger partial charge is 0.490 e. The van der Waals surface area contributed by atoms with Crippen LogP contribution in [0.4, 0.5) is 4.39 Å². The number of carbonyl (C=O) groups is 2. The molecule has 0 atom stereocenters. The van der Waals surface area contributed by atoms with Gasteiger partial charge in [-0.05, 0) is 43.2 Å². The van der Waals surface area contributed by atoms with Gasteiger partial charge < -0.3 is 9.47 Å². The Morgan fingerprint density at radius 3 is 2.22 bits per heavy atom. The average molecular weight is 374 g/mol. The summed E-state index contributed by atoms with van der Waals surface area (Å²) >= 11 is 0. The van der Waals surface area contributed by atoms with Crippen LogP contribution in [0.2, 0.25) is 0 Å². The van der Waals surface area contributed by atoms with Crippen LogP contribution in [-0.2, 0) is 16.0 Å². The molecule has 0 bridgehead atoms. The molecule has 0 aromatic heterocycles. The van der Waals surface area contributed by atoms with E-state index >= 15 is 0 Å². The third kappa shape index (κ3) is 7.35. The van der Waals surface area contributed by atoms with Gasteiger partial charge >= 0.3 is 0 Å². The lowest BCUT2D eigenvalue weighted by Gasteiger charge is -2.11. The van der Waals surface area contributed by atoms with Crippen molar-refractivity contribution < 1.29 is 23.5 Å². The summed E-state index contributed by atoms with van der Waals surface area (Å²) in [5.41, 5.74) is 5.35. The molecule has 0 saturated carbocycles. The predicted octanol–water partition coefficient (Wildman–Crippen LogP) is 2.77. The number of hydrogen-bond donors (Lipinski definition) is 2. The number of rotatable bonds is 9. The highest BCUT2D eigenvalue weighted by Crippen LogP contribution is 2.26. The molecular formula is C20H23FN2O4. The van der Waals surface area contributed by atoms with Crippen LogP contribution in [0.5, 0.6) is 11.5 Å². The van der Waals surface area contributed by atoms with Crippen LogP contribution < -0.4 is 20.3 Å². The first-order valence-corrected chi connectivity index (χ1v) is 8.75. The molecule has 144 valence electrons. The average Bonchev–Trinajstić information content (AvgIpc) is 2.67. The second-order valence-corrected chi connectivity index (χ2v) is 5.73. The van der Waals surface area contributed by atoms with E-state index in [2.05, 4.69) is 10.9 Å². The van der Waals surface area contributed by atoms with Crippen molar-refractivity contribution in [3.05, 3.63) is 59.9 Å². The Kier molecular flexibility index (Phi) is 8.09. The Labute approximate surface area is 157 Å². The molecule has 2 amide bonds. The third-order valence-corrected chi connectivity index (χ3v) is 3.57. The number of ether oxygens (including phenoxy) is 2. The Balaban J connectivity index is 1.63. The van der Waals surface area contributed by atoms with Crippen LogP contribution in [-0.4, -0.2) is 25.0 Å². The van der Waals surface area contributed by atoms with Gasteiger partial charge in [-0.1, -0.05) is 24.3 Å². The minimum atomic E-state index is -0.378. The lowest BCUT2D eigenvalue weighted by molar-refractivity contribution is -0.128. The summed E-state index contributed by atoms with van der Waals surface area (Å²) in [7, 11) is 0. The lowest BCUT2D eigenvalue weighted by atomic mass is 10.1. The number of amides is 2. The van der Waals surface area contributed by atoms with Gasteiger partial charge in [-0.3, -0.25) is 20.4 Å². The maximum absolute atomic E-state index is 12.8. The second kappa shape index (κ2) is 10.8. The number of nitrogens with one attached hydrogen (secondary N) is 2. The summed E-state index contributed by atoms with van der Waals surface area (Å²) in [6.07, 6.45) is 0.742. The van der Waals surface area contributed by atoms with Crippen molar-refractivity contribution in [1.82, 2.24) is 10.9 Å². The molecule has 2 aromatic rings. The van der Waals surface area contributed by atoms with E-state index in [9.17, 15) is 14.0 Å². The molecule has 7 heteroatoms. The highest BCUT2D eigenvalue weighted by molar-refractivity contribution is 5.83. The highest BCUT2D eigenvalue weighted by atomic mass is 19.1. The normalized spacial score (nSPS) is 10.1. The van der Waals surface area contributed by atoms with E-state index in [0.717, 1.165) is 0 Å². The second-order valence-electron chi connectivity index (χ2n) is 5.73. The van der Waals surface area contributed by atoms with Crippen LogP contribution >= 0.6 is 0 Å². The first-order valence-electron chi connectivity index (χ1n) is 8.75. The van der Waals surface area contributed by atoms with Gasteiger partial charge in [-0.2, -0.15) is 0 Å². The molecule has 2 rings (SSSR count). The zero-order valence-corrected chi connectivity index (χ0v) is 15.2. The van der Waals surface area contributed by atoms with Gasteiger partial charge in [0.2, 0.25) is 11.8 Å². The SMILES string of the molecule is CCOc1ccccc1OCCCC(=O)NNC(=O)Cc1ccc(F)cc1. The van der Waals surface area contributed by atoms with Gasteiger partial charge in [-0.25, -0.2) is 4.39 Å². The maximum atomic E-state index is 12.8. The van der Waals surface area contributed by atoms with E-state index in [1.54, 1.807) is 6.07 Å². The van der Waals surface area contributed by atoms with Crippen molar-refractivity contribution >= 4 is 11.8 Å². The topological polar surface area (TPSA) is 76.7 Å². The molecule has 0 heterocycles. The van der Waals surface area contributed by atoms with E-state index in [1.165, 1.54) is 24.3 Å². The summed E-state index contributed by atoms with van der Waals surface area (Å²) in [6, 6.07) is 12.9. The van der Waals surface area contributed by atoms with E-state index in [-0.39, 0.29) is 30.5 Å². The Bertz CT molecular complexity index is 750. The molecule has 0 fully saturated rings. The van der Waals surface area contributed by atoms with Gasteiger partial charge in [0.05, 0.1) is 19.6 Å². The number of para-hydroxylation sites is 2. The standard InChI is InChI=1S/C20H23FN2O4/c1-2-26-17-6-3-4-7-18(17)27-13-5-8-19(24)22-23-20(25)14-15-9-11-16(21)12-10-15/h3-4,6-7,9-12H,2,5,8,13-14H2,1H3,(H,22,24)(H,23,25). The van der Waals surface area contributed by atoms with Gasteiger partial charge in [0.15, 0.2) is 11.5 Å². The van der Waals surface area contributed by atoms with E-state index in [0.29, 0.717) is 36.7 Å². The Morgan fingerprint density at radius 2 is 1.56 bits per heavy atom. The summed E-state index contributed by atoms with van der Waals surface area (Å²) in [5, 5.41) is 0. The molecular weight excluding hydrogens is 351 g/mol. The predicted molar refractivity (Wildman–Crippen MR) is 98.7 cm³/mol. The minimum Gasteiger partial charge on any atom is -0.490 e. The summed E-state index contributed by atoms with van der Waals surface area (Å²) in [4.78, 5) is 23.5. The number of carbonyl (C=O) groups excluding carboxylic acids is 2. The van der Waals surface area contributed by atoms with Crippen LogP contribution in [0.3, 0.4) is 0 Å². The molecule has 0 spiro atoms. The van der Waals surface area contributed by atoms with Crippen LogP contribution in [0.25, 0.3) is 0 Å². The fourth-order valence-electron chi connectivity index (χ4n) is 2.29. The van der Waals surface area contributed by atoms with Crippen molar-refractivity contribution in [2.24, 2.45) is 0 Å². The van der Waals surface area contributed by atoms with Crippen LogP contribution in [0, 0.1) is 5.82 Å². The van der Waals surface area contributed by atoms with Crippen molar-refractivity contribution in [2.75, 3.05) is 13.2 Å². The summed E-state index contributed by atoms with van der Waals surface area (Å²) in [6.45, 7) is 2.78. The molecule has 6 nitrogen and oxygen atoms in total. The van der Waals surface area contributed by atoms with E-state index in [1.807, 2.05) is 25.1 Å². The van der Waals surface area contributed by atoms with E-state index in [4.69, 9.17) is 9.47 Å². The number of hydrogen-bond acceptors (Lipinski definition) is 4. The molecule has 0 aliphatic heterocycles. The minimum absolute atomic E-state index is 0.0535. The zero-order chi connectivity index (χ0) is 19.5. The number of benzene rings is 2. The van der Waals surface area contributed by atoms with E-state index < -0.39 is 0 Å². The third-order valence-electron chi connectivity index (χ3n) is 3.57. The molecule has 0 radical (unpaired) electrons. The Hall–Kier alpha value is -3.09. The van der Waals surface area contributed by atoms with Crippen molar-refractivity contribution in [2.45, 2.75) is 26.2 Å². The molecule has 2 aromatic carbocycles. The first kappa shape index (κ1) is 20.2. The Morgan fingerprint density at radius 1 is 0.926 bits per heavy atom. The van der Waals surface area contributed by atoms with Crippen molar-refractivity contribution in [3.63, 3.8) is 0 Å². The molecule has 2 N–H and O–H groups in total. The van der Waals surface area contributed by atoms with Gasteiger partial charge in [0.1, 0.15) is 5.82 Å². The molecule has 0 unspecified atom stereocenters. The maximum Gasteiger partial charge on any atom is 0.242 e. The molecule has 27 heavy (non-hydrogen) atoms. The zero-order valence-electron chi connectivity index (χ0n) is 15.2. The smallest absolute Gasteiger partial charge is 0.242 e. The van der Waals surface area contributed by atoms with Crippen molar-refractivity contribution in [1.29, 1.82) is 0 Å². The fourth-order valence-corrected chi connectivity index (χ4v) is 2.29. The lowest BCUT2D eigenvalue weighted by Crippen LogP contribution is -2.42. The van der Waals surface area contributed by atoms with Crippen LogP contribution in [0.15, 0.2) is 48.5 Å². The highest BCUT2D eigenvalue weighted by Gasteiger charge is 2.07. The van der Waals surface area contributed by atoms with Gasteiger partial charge in [0, 0.05) is 6.42 Å². The van der Waals surface area contributed by atoms with Crippen molar-refractivity contribution in [3.8, 4) is 11.5 Å².